The molecule has 1 aliphatic heterocycles. The summed E-state index contributed by atoms with van der Waals surface area (Å²) in [6.07, 6.45) is 5.93. The van der Waals surface area contributed by atoms with Gasteiger partial charge in [-0.1, -0.05) is 28.1 Å². The molecule has 0 aromatic heterocycles. The molecule has 0 unspecified atom stereocenters. The van der Waals surface area contributed by atoms with E-state index in [1.807, 2.05) is 18.3 Å². The SMILES string of the molecule is Cc1cc(N=Cc2ccc(N3CCCCC3)cc2)ccc1Br. The van der Waals surface area contributed by atoms with Gasteiger partial charge < -0.3 is 4.90 Å². The van der Waals surface area contributed by atoms with Crippen molar-refractivity contribution in [3.8, 4) is 0 Å². The van der Waals surface area contributed by atoms with Crippen molar-refractivity contribution < 1.29 is 0 Å². The van der Waals surface area contributed by atoms with Gasteiger partial charge in [0.25, 0.3) is 0 Å². The van der Waals surface area contributed by atoms with Crippen molar-refractivity contribution in [1.82, 2.24) is 0 Å². The Morgan fingerprint density at radius 2 is 1.73 bits per heavy atom. The predicted octanol–water partition coefficient (Wildman–Crippen LogP) is 5.50. The first kappa shape index (κ1) is 15.3. The van der Waals surface area contributed by atoms with Crippen LogP contribution in [0.1, 0.15) is 30.4 Å². The molecule has 1 aliphatic rings. The summed E-state index contributed by atoms with van der Waals surface area (Å²) in [6.45, 7) is 4.45. The minimum Gasteiger partial charge on any atom is -0.372 e. The Bertz CT molecular complexity index is 656. The highest BCUT2D eigenvalue weighted by Gasteiger charge is 2.10. The van der Waals surface area contributed by atoms with Crippen LogP contribution in [-0.4, -0.2) is 19.3 Å². The van der Waals surface area contributed by atoms with Gasteiger partial charge in [-0.15, -0.1) is 0 Å². The van der Waals surface area contributed by atoms with Gasteiger partial charge in [-0.25, -0.2) is 0 Å². The second-order valence-electron chi connectivity index (χ2n) is 5.83. The number of hydrogen-bond acceptors (Lipinski definition) is 2. The number of hydrogen-bond donors (Lipinski definition) is 0. The average molecular weight is 357 g/mol. The van der Waals surface area contributed by atoms with Crippen LogP contribution in [0.15, 0.2) is 51.9 Å². The molecule has 3 rings (SSSR count). The maximum Gasteiger partial charge on any atom is 0.0633 e. The van der Waals surface area contributed by atoms with Crippen LogP contribution in [0.3, 0.4) is 0 Å². The lowest BCUT2D eigenvalue weighted by Crippen LogP contribution is -2.29. The summed E-state index contributed by atoms with van der Waals surface area (Å²) < 4.78 is 1.12. The molecular weight excluding hydrogens is 336 g/mol. The zero-order valence-electron chi connectivity index (χ0n) is 12.9. The zero-order valence-corrected chi connectivity index (χ0v) is 14.5. The minimum absolute atomic E-state index is 0.987. The number of benzene rings is 2. The molecule has 1 saturated heterocycles. The molecule has 0 saturated carbocycles. The lowest BCUT2D eigenvalue weighted by atomic mass is 10.1. The van der Waals surface area contributed by atoms with Gasteiger partial charge in [0.15, 0.2) is 0 Å². The number of anilines is 1. The number of piperidine rings is 1. The van der Waals surface area contributed by atoms with Gasteiger partial charge in [-0.2, -0.15) is 0 Å². The molecule has 0 atom stereocenters. The number of nitrogens with zero attached hydrogens (tertiary/aromatic N) is 2. The van der Waals surface area contributed by atoms with Crippen molar-refractivity contribution in [1.29, 1.82) is 0 Å². The van der Waals surface area contributed by atoms with Crippen molar-refractivity contribution in [2.24, 2.45) is 4.99 Å². The monoisotopic (exact) mass is 356 g/mol. The molecule has 0 amide bonds. The molecule has 0 radical (unpaired) electrons. The minimum atomic E-state index is 0.987. The first-order chi connectivity index (χ1) is 10.7. The Hall–Kier alpha value is -1.61. The van der Waals surface area contributed by atoms with Crippen molar-refractivity contribution in [2.75, 3.05) is 18.0 Å². The van der Waals surface area contributed by atoms with Crippen LogP contribution in [0, 0.1) is 6.92 Å². The molecule has 2 aromatic carbocycles. The van der Waals surface area contributed by atoms with E-state index in [1.165, 1.54) is 43.6 Å². The Morgan fingerprint density at radius 1 is 1.00 bits per heavy atom. The van der Waals surface area contributed by atoms with Crippen LogP contribution >= 0.6 is 15.9 Å². The van der Waals surface area contributed by atoms with Gasteiger partial charge in [0.05, 0.1) is 5.69 Å². The second-order valence-corrected chi connectivity index (χ2v) is 6.69. The van der Waals surface area contributed by atoms with Gasteiger partial charge >= 0.3 is 0 Å². The summed E-state index contributed by atoms with van der Waals surface area (Å²) in [7, 11) is 0. The fourth-order valence-corrected chi connectivity index (χ4v) is 3.03. The summed E-state index contributed by atoms with van der Waals surface area (Å²) in [5.74, 6) is 0. The van der Waals surface area contributed by atoms with Crippen molar-refractivity contribution >= 4 is 33.5 Å². The van der Waals surface area contributed by atoms with Crippen LogP contribution < -0.4 is 4.90 Å². The normalized spacial score (nSPS) is 15.5. The molecule has 114 valence electrons. The Labute approximate surface area is 141 Å². The van der Waals surface area contributed by atoms with E-state index < -0.39 is 0 Å². The average Bonchev–Trinajstić information content (AvgIpc) is 2.57. The van der Waals surface area contributed by atoms with Gasteiger partial charge in [0, 0.05) is 29.5 Å². The second kappa shape index (κ2) is 7.10. The molecule has 1 fully saturated rings. The quantitative estimate of drug-likeness (QED) is 0.663. The Balaban J connectivity index is 1.69. The molecule has 3 heteroatoms. The molecule has 2 nitrogen and oxygen atoms in total. The lowest BCUT2D eigenvalue weighted by Gasteiger charge is -2.28. The Kier molecular flexibility index (Phi) is 4.94. The number of halogens is 1. The molecule has 0 aliphatic carbocycles. The third-order valence-electron chi connectivity index (χ3n) is 4.12. The summed E-state index contributed by atoms with van der Waals surface area (Å²) in [4.78, 5) is 7.04. The predicted molar refractivity (Wildman–Crippen MR) is 98.6 cm³/mol. The fourth-order valence-electron chi connectivity index (χ4n) is 2.78. The molecular formula is C19H21BrN2. The van der Waals surface area contributed by atoms with Crippen LogP contribution in [-0.2, 0) is 0 Å². The number of rotatable bonds is 3. The molecule has 0 bridgehead atoms. The van der Waals surface area contributed by atoms with Crippen LogP contribution in [0.25, 0.3) is 0 Å². The van der Waals surface area contributed by atoms with Crippen molar-refractivity contribution in [3.05, 3.63) is 58.1 Å². The highest BCUT2D eigenvalue weighted by molar-refractivity contribution is 9.10. The maximum atomic E-state index is 4.56. The van der Waals surface area contributed by atoms with Gasteiger partial charge in [0.1, 0.15) is 0 Å². The van der Waals surface area contributed by atoms with E-state index in [9.17, 15) is 0 Å². The standard InChI is InChI=1S/C19H21BrN2/c1-15-13-17(7-10-19(15)20)21-14-16-5-8-18(9-6-16)22-11-3-2-4-12-22/h5-10,13-14H,2-4,11-12H2,1H3. The van der Waals surface area contributed by atoms with E-state index >= 15 is 0 Å². The van der Waals surface area contributed by atoms with E-state index in [2.05, 4.69) is 63.1 Å². The van der Waals surface area contributed by atoms with E-state index in [-0.39, 0.29) is 0 Å². The topological polar surface area (TPSA) is 15.6 Å². The smallest absolute Gasteiger partial charge is 0.0633 e. The fraction of sp³-hybridized carbons (Fsp3) is 0.316. The van der Waals surface area contributed by atoms with E-state index in [0.29, 0.717) is 0 Å². The Morgan fingerprint density at radius 3 is 2.41 bits per heavy atom. The van der Waals surface area contributed by atoms with Crippen molar-refractivity contribution in [2.45, 2.75) is 26.2 Å². The number of aliphatic imine (C=N–C) groups is 1. The summed E-state index contributed by atoms with van der Waals surface area (Å²) in [5, 5.41) is 0. The summed E-state index contributed by atoms with van der Waals surface area (Å²) in [6, 6.07) is 14.9. The van der Waals surface area contributed by atoms with Crippen LogP contribution in [0.4, 0.5) is 11.4 Å². The zero-order chi connectivity index (χ0) is 15.4. The molecule has 0 N–H and O–H groups in total. The van der Waals surface area contributed by atoms with Gasteiger partial charge in [-0.3, -0.25) is 4.99 Å². The first-order valence-corrected chi connectivity index (χ1v) is 8.67. The maximum absolute atomic E-state index is 4.56. The van der Waals surface area contributed by atoms with Gasteiger partial charge in [-0.05, 0) is 67.6 Å². The van der Waals surface area contributed by atoms with Crippen molar-refractivity contribution in [3.63, 3.8) is 0 Å². The third-order valence-corrected chi connectivity index (χ3v) is 5.01. The highest BCUT2D eigenvalue weighted by atomic mass is 79.9. The summed E-state index contributed by atoms with van der Waals surface area (Å²) in [5.41, 5.74) is 4.66. The van der Waals surface area contributed by atoms with E-state index in [0.717, 1.165) is 15.7 Å². The molecule has 0 spiro atoms. The molecule has 22 heavy (non-hydrogen) atoms. The third kappa shape index (κ3) is 3.77. The highest BCUT2D eigenvalue weighted by Crippen LogP contribution is 2.23. The molecule has 2 aromatic rings. The first-order valence-electron chi connectivity index (χ1n) is 7.87. The number of aryl methyl sites for hydroxylation is 1. The largest absolute Gasteiger partial charge is 0.372 e. The van der Waals surface area contributed by atoms with E-state index in [4.69, 9.17) is 0 Å². The lowest BCUT2D eigenvalue weighted by molar-refractivity contribution is 0.578. The van der Waals surface area contributed by atoms with Gasteiger partial charge in [0.2, 0.25) is 0 Å². The van der Waals surface area contributed by atoms with E-state index in [1.54, 1.807) is 0 Å². The summed E-state index contributed by atoms with van der Waals surface area (Å²) >= 11 is 3.51. The molecule has 1 heterocycles. The van der Waals surface area contributed by atoms with Crippen LogP contribution in [0.5, 0.6) is 0 Å². The van der Waals surface area contributed by atoms with Crippen LogP contribution in [0.2, 0.25) is 0 Å².